The highest BCUT2D eigenvalue weighted by atomic mass is 79.9. The highest BCUT2D eigenvalue weighted by Gasteiger charge is 2.34. The summed E-state index contributed by atoms with van der Waals surface area (Å²) in [7, 11) is 0. The van der Waals surface area contributed by atoms with Crippen LogP contribution in [0.3, 0.4) is 0 Å². The van der Waals surface area contributed by atoms with E-state index in [4.69, 9.17) is 0 Å². The molecule has 0 radical (unpaired) electrons. The van der Waals surface area contributed by atoms with Crippen molar-refractivity contribution in [3.8, 4) is 0 Å². The minimum atomic E-state index is -0.443. The molecule has 0 aromatic heterocycles. The Labute approximate surface area is 148 Å². The monoisotopic (exact) mass is 388 g/mol. The molecule has 0 bridgehead atoms. The SMILES string of the molecule is Cc1c(C(=O)N(Cc2cccc(Br)c2)C2CC2)cccc1[N+](=O)[O-]. The number of nitro benzene ring substituents is 1. The molecule has 0 aliphatic heterocycles. The summed E-state index contributed by atoms with van der Waals surface area (Å²) in [6, 6.07) is 12.7. The van der Waals surface area contributed by atoms with Gasteiger partial charge < -0.3 is 4.90 Å². The fraction of sp³-hybridized carbons (Fsp3) is 0.278. The Morgan fingerprint density at radius 2 is 2.00 bits per heavy atom. The third-order valence-electron chi connectivity index (χ3n) is 4.22. The van der Waals surface area contributed by atoms with Crippen LogP contribution in [0.15, 0.2) is 46.9 Å². The van der Waals surface area contributed by atoms with Crippen molar-refractivity contribution in [2.45, 2.75) is 32.4 Å². The topological polar surface area (TPSA) is 63.5 Å². The number of nitrogens with zero attached hydrogens (tertiary/aromatic N) is 2. The quantitative estimate of drug-likeness (QED) is 0.560. The van der Waals surface area contributed by atoms with Crippen LogP contribution in [-0.4, -0.2) is 21.8 Å². The van der Waals surface area contributed by atoms with E-state index in [1.165, 1.54) is 6.07 Å². The molecule has 124 valence electrons. The lowest BCUT2D eigenvalue weighted by Crippen LogP contribution is -2.33. The number of amides is 1. The zero-order valence-electron chi connectivity index (χ0n) is 13.2. The maximum Gasteiger partial charge on any atom is 0.273 e. The molecule has 2 aromatic rings. The van der Waals surface area contributed by atoms with E-state index in [9.17, 15) is 14.9 Å². The number of halogens is 1. The average molecular weight is 389 g/mol. The molecule has 0 saturated heterocycles. The van der Waals surface area contributed by atoms with Crippen LogP contribution in [-0.2, 0) is 6.54 Å². The number of carbonyl (C=O) groups is 1. The molecule has 0 unspecified atom stereocenters. The molecule has 0 N–H and O–H groups in total. The van der Waals surface area contributed by atoms with Crippen LogP contribution in [0.2, 0.25) is 0 Å². The van der Waals surface area contributed by atoms with Crippen LogP contribution in [0.1, 0.15) is 34.3 Å². The van der Waals surface area contributed by atoms with Crippen molar-refractivity contribution in [2.24, 2.45) is 0 Å². The summed E-state index contributed by atoms with van der Waals surface area (Å²) in [6.45, 7) is 2.14. The zero-order chi connectivity index (χ0) is 17.3. The lowest BCUT2D eigenvalue weighted by Gasteiger charge is -2.23. The Bertz CT molecular complexity index is 803. The molecule has 1 saturated carbocycles. The van der Waals surface area contributed by atoms with E-state index in [2.05, 4.69) is 15.9 Å². The largest absolute Gasteiger partial charge is 0.331 e. The molecule has 0 spiro atoms. The fourth-order valence-corrected chi connectivity index (χ4v) is 3.24. The van der Waals surface area contributed by atoms with Gasteiger partial charge in [-0.15, -0.1) is 0 Å². The Kier molecular flexibility index (Phi) is 4.66. The maximum absolute atomic E-state index is 13.0. The first-order valence-electron chi connectivity index (χ1n) is 7.77. The molecule has 5 nitrogen and oxygen atoms in total. The van der Waals surface area contributed by atoms with Gasteiger partial charge in [-0.3, -0.25) is 14.9 Å². The van der Waals surface area contributed by atoms with Gasteiger partial charge in [-0.05, 0) is 43.5 Å². The predicted molar refractivity (Wildman–Crippen MR) is 94.9 cm³/mol. The van der Waals surface area contributed by atoms with Gasteiger partial charge in [0.25, 0.3) is 11.6 Å². The summed E-state index contributed by atoms with van der Waals surface area (Å²) in [6.07, 6.45) is 1.96. The van der Waals surface area contributed by atoms with Crippen LogP contribution in [0, 0.1) is 17.0 Å². The van der Waals surface area contributed by atoms with Crippen LogP contribution in [0.5, 0.6) is 0 Å². The van der Waals surface area contributed by atoms with Crippen molar-refractivity contribution in [3.05, 3.63) is 73.7 Å². The molecule has 24 heavy (non-hydrogen) atoms. The number of hydrogen-bond acceptors (Lipinski definition) is 3. The molecular formula is C18H17BrN2O3. The second-order valence-corrected chi connectivity index (χ2v) is 6.92. The van der Waals surface area contributed by atoms with Gasteiger partial charge in [0, 0.05) is 34.3 Å². The molecule has 6 heteroatoms. The smallest absolute Gasteiger partial charge is 0.273 e. The summed E-state index contributed by atoms with van der Waals surface area (Å²) in [5.74, 6) is -0.140. The van der Waals surface area contributed by atoms with Crippen LogP contribution in [0.25, 0.3) is 0 Å². The number of carbonyl (C=O) groups excluding carboxylic acids is 1. The van der Waals surface area contributed by atoms with E-state index in [1.54, 1.807) is 19.1 Å². The van der Waals surface area contributed by atoms with Crippen LogP contribution in [0.4, 0.5) is 5.69 Å². The Balaban J connectivity index is 1.91. The maximum atomic E-state index is 13.0. The molecule has 3 rings (SSSR count). The van der Waals surface area contributed by atoms with Gasteiger partial charge in [-0.1, -0.05) is 34.1 Å². The Morgan fingerprint density at radius 3 is 2.62 bits per heavy atom. The molecule has 0 heterocycles. The summed E-state index contributed by atoms with van der Waals surface area (Å²) in [4.78, 5) is 25.5. The normalized spacial score (nSPS) is 13.6. The standard InChI is InChI=1S/C18H17BrN2O3/c1-12-16(6-3-7-17(12)21(23)24)18(22)20(15-8-9-15)11-13-4-2-5-14(19)10-13/h2-7,10,15H,8-9,11H2,1H3. The van der Waals surface area contributed by atoms with E-state index in [0.29, 0.717) is 17.7 Å². The average Bonchev–Trinajstić information content (AvgIpc) is 3.37. The number of hydrogen-bond donors (Lipinski definition) is 0. The van der Waals surface area contributed by atoms with Gasteiger partial charge in [-0.25, -0.2) is 0 Å². The number of nitro groups is 1. The van der Waals surface area contributed by atoms with Gasteiger partial charge >= 0.3 is 0 Å². The summed E-state index contributed by atoms with van der Waals surface area (Å²) in [5, 5.41) is 11.1. The predicted octanol–water partition coefficient (Wildman–Crippen LogP) is 4.47. The van der Waals surface area contributed by atoms with E-state index in [1.807, 2.05) is 29.2 Å². The highest BCUT2D eigenvalue weighted by molar-refractivity contribution is 9.10. The minimum absolute atomic E-state index is 0.0148. The van der Waals surface area contributed by atoms with Gasteiger partial charge in [0.1, 0.15) is 0 Å². The molecule has 1 aliphatic carbocycles. The van der Waals surface area contributed by atoms with Gasteiger partial charge in [-0.2, -0.15) is 0 Å². The molecular weight excluding hydrogens is 372 g/mol. The van der Waals surface area contributed by atoms with E-state index >= 15 is 0 Å². The molecule has 1 aliphatic rings. The lowest BCUT2D eigenvalue weighted by atomic mass is 10.0. The highest BCUT2D eigenvalue weighted by Crippen LogP contribution is 2.32. The molecule has 1 amide bonds. The van der Waals surface area contributed by atoms with E-state index in [0.717, 1.165) is 22.9 Å². The van der Waals surface area contributed by atoms with Crippen molar-refractivity contribution in [2.75, 3.05) is 0 Å². The summed E-state index contributed by atoms with van der Waals surface area (Å²) in [5.41, 5.74) is 1.85. The van der Waals surface area contributed by atoms with E-state index in [-0.39, 0.29) is 17.6 Å². The Morgan fingerprint density at radius 1 is 1.29 bits per heavy atom. The van der Waals surface area contributed by atoms with Crippen LogP contribution >= 0.6 is 15.9 Å². The Hall–Kier alpha value is -2.21. The molecule has 2 aromatic carbocycles. The summed E-state index contributed by atoms with van der Waals surface area (Å²) >= 11 is 3.45. The first-order valence-corrected chi connectivity index (χ1v) is 8.56. The van der Waals surface area contributed by atoms with Gasteiger partial charge in [0.05, 0.1) is 4.92 Å². The first kappa shape index (κ1) is 16.6. The molecule has 1 fully saturated rings. The fourth-order valence-electron chi connectivity index (χ4n) is 2.79. The van der Waals surface area contributed by atoms with Gasteiger partial charge in [0.2, 0.25) is 0 Å². The van der Waals surface area contributed by atoms with Crippen molar-refractivity contribution >= 4 is 27.5 Å². The summed E-state index contributed by atoms with van der Waals surface area (Å²) < 4.78 is 0.967. The van der Waals surface area contributed by atoms with Crippen molar-refractivity contribution in [1.82, 2.24) is 4.90 Å². The first-order chi connectivity index (χ1) is 11.5. The van der Waals surface area contributed by atoms with Crippen LogP contribution < -0.4 is 0 Å². The molecule has 0 atom stereocenters. The second-order valence-electron chi connectivity index (χ2n) is 6.00. The zero-order valence-corrected chi connectivity index (χ0v) is 14.8. The van der Waals surface area contributed by atoms with E-state index < -0.39 is 4.92 Å². The minimum Gasteiger partial charge on any atom is -0.331 e. The second kappa shape index (κ2) is 6.73. The number of rotatable bonds is 5. The number of benzene rings is 2. The van der Waals surface area contributed by atoms with Crippen molar-refractivity contribution in [3.63, 3.8) is 0 Å². The third kappa shape index (κ3) is 3.48. The third-order valence-corrected chi connectivity index (χ3v) is 4.72. The van der Waals surface area contributed by atoms with Gasteiger partial charge in [0.15, 0.2) is 0 Å². The lowest BCUT2D eigenvalue weighted by molar-refractivity contribution is -0.385. The van der Waals surface area contributed by atoms with Crippen molar-refractivity contribution in [1.29, 1.82) is 0 Å². The van der Waals surface area contributed by atoms with Crippen molar-refractivity contribution < 1.29 is 9.72 Å².